The summed E-state index contributed by atoms with van der Waals surface area (Å²) in [4.78, 5) is 41.8. The fourth-order valence-electron chi connectivity index (χ4n) is 4.11. The summed E-state index contributed by atoms with van der Waals surface area (Å²) in [6.45, 7) is 2.10. The van der Waals surface area contributed by atoms with Crippen LogP contribution in [0.15, 0.2) is 36.8 Å². The van der Waals surface area contributed by atoms with Crippen LogP contribution in [-0.4, -0.2) is 68.4 Å². The van der Waals surface area contributed by atoms with Gasteiger partial charge in [-0.1, -0.05) is 0 Å². The van der Waals surface area contributed by atoms with E-state index in [0.29, 0.717) is 36.6 Å². The lowest BCUT2D eigenvalue weighted by Gasteiger charge is -2.35. The van der Waals surface area contributed by atoms with Gasteiger partial charge in [0.15, 0.2) is 11.6 Å². The number of nitrogens with one attached hydrogen (secondary N) is 3. The zero-order chi connectivity index (χ0) is 24.7. The molecule has 3 aromatic rings. The molecule has 35 heavy (non-hydrogen) atoms. The van der Waals surface area contributed by atoms with Crippen LogP contribution in [0.5, 0.6) is 0 Å². The number of halogens is 3. The molecule has 0 unspecified atom stereocenters. The van der Waals surface area contributed by atoms with Crippen molar-refractivity contribution in [2.24, 2.45) is 0 Å². The molecule has 182 valence electrons. The molecule has 14 heteroatoms. The van der Waals surface area contributed by atoms with Crippen molar-refractivity contribution >= 4 is 29.3 Å². The lowest BCUT2D eigenvalue weighted by molar-refractivity contribution is -0.149. The maximum absolute atomic E-state index is 13.3. The minimum absolute atomic E-state index is 0.204. The van der Waals surface area contributed by atoms with E-state index >= 15 is 0 Å². The van der Waals surface area contributed by atoms with Gasteiger partial charge in [0.25, 0.3) is 5.91 Å². The number of carbonyl (C=O) groups is 2. The van der Waals surface area contributed by atoms with E-state index in [-0.39, 0.29) is 23.4 Å². The number of fused-ring (bicyclic) bond motifs is 4. The fourth-order valence-corrected chi connectivity index (χ4v) is 4.11. The number of pyridine rings is 2. The number of carbonyl (C=O) groups excluding carboxylic acids is 2. The standard InChI is InChI=1S/C21H20F3N9O2/c1-11(21(22,23)24)28-19(34)14-2-3-15-18(29-14)33(13-5-7-32(15)9-13)20(35)30-16-8-12(4-6-25-16)17-26-10-27-31-17/h2-4,6,8,10-11,13H,5,7,9H2,1H3,(H,28,34)(H,25,30,35)(H,26,27,31)/t11-,13+/m1/s1. The van der Waals surface area contributed by atoms with Gasteiger partial charge in [0.1, 0.15) is 23.9 Å². The van der Waals surface area contributed by atoms with E-state index in [0.717, 1.165) is 6.92 Å². The largest absolute Gasteiger partial charge is 0.408 e. The topological polar surface area (TPSA) is 132 Å². The number of anilines is 3. The normalized spacial score (nSPS) is 17.7. The summed E-state index contributed by atoms with van der Waals surface area (Å²) in [5.41, 5.74) is 1.07. The quantitative estimate of drug-likeness (QED) is 0.515. The van der Waals surface area contributed by atoms with Crippen LogP contribution in [0.3, 0.4) is 0 Å². The zero-order valence-electron chi connectivity index (χ0n) is 18.4. The number of aromatic nitrogens is 5. The molecular formula is C21H20F3N9O2. The number of rotatable bonds is 4. The molecule has 0 radical (unpaired) electrons. The predicted octanol–water partition coefficient (Wildman–Crippen LogP) is 2.57. The van der Waals surface area contributed by atoms with Crippen LogP contribution in [0.4, 0.5) is 35.3 Å². The third kappa shape index (κ3) is 4.34. The monoisotopic (exact) mass is 487 g/mol. The molecule has 3 amide bonds. The van der Waals surface area contributed by atoms with E-state index in [1.54, 1.807) is 18.2 Å². The van der Waals surface area contributed by atoms with Crippen molar-refractivity contribution in [2.75, 3.05) is 28.2 Å². The van der Waals surface area contributed by atoms with Crippen molar-refractivity contribution in [1.29, 1.82) is 0 Å². The van der Waals surface area contributed by atoms with Crippen LogP contribution < -0.4 is 20.4 Å². The SMILES string of the molecule is C[C@@H](NC(=O)c1ccc2c(n1)N(C(=O)Nc1cc(-c3ncn[nH]3)ccn1)[C@H]1CCN2C1)C(F)(F)F. The fraction of sp³-hybridized carbons (Fsp3) is 0.333. The Morgan fingerprint density at radius 2 is 2.06 bits per heavy atom. The number of amides is 3. The number of hydrogen-bond acceptors (Lipinski definition) is 7. The Labute approximate surface area is 196 Å². The third-order valence-electron chi connectivity index (χ3n) is 5.93. The van der Waals surface area contributed by atoms with E-state index < -0.39 is 24.2 Å². The van der Waals surface area contributed by atoms with E-state index in [2.05, 4.69) is 30.5 Å². The van der Waals surface area contributed by atoms with Gasteiger partial charge in [-0.3, -0.25) is 20.1 Å². The molecule has 1 fully saturated rings. The van der Waals surface area contributed by atoms with Gasteiger partial charge < -0.3 is 10.2 Å². The highest BCUT2D eigenvalue weighted by Gasteiger charge is 2.41. The molecule has 3 N–H and O–H groups in total. The number of hydrogen-bond donors (Lipinski definition) is 3. The van der Waals surface area contributed by atoms with E-state index in [1.807, 2.05) is 10.2 Å². The summed E-state index contributed by atoms with van der Waals surface area (Å²) in [6.07, 6.45) is -1.05. The highest BCUT2D eigenvalue weighted by Crippen LogP contribution is 2.39. The summed E-state index contributed by atoms with van der Waals surface area (Å²) < 4.78 is 38.7. The summed E-state index contributed by atoms with van der Waals surface area (Å²) in [5, 5.41) is 11.2. The molecule has 0 saturated carbocycles. The number of H-pyrrole nitrogens is 1. The zero-order valence-corrected chi connectivity index (χ0v) is 18.4. The molecule has 2 bridgehead atoms. The van der Waals surface area contributed by atoms with E-state index in [4.69, 9.17) is 0 Å². The van der Waals surface area contributed by atoms with Crippen molar-refractivity contribution in [1.82, 2.24) is 30.5 Å². The Morgan fingerprint density at radius 3 is 2.80 bits per heavy atom. The molecule has 2 atom stereocenters. The Morgan fingerprint density at radius 1 is 1.23 bits per heavy atom. The Kier molecular flexibility index (Phi) is 5.49. The molecule has 0 aromatic carbocycles. The van der Waals surface area contributed by atoms with Gasteiger partial charge in [0.2, 0.25) is 0 Å². The minimum atomic E-state index is -4.59. The van der Waals surface area contributed by atoms with Gasteiger partial charge in [-0.05, 0) is 37.6 Å². The summed E-state index contributed by atoms with van der Waals surface area (Å²) >= 11 is 0. The third-order valence-corrected chi connectivity index (χ3v) is 5.93. The first-order chi connectivity index (χ1) is 16.7. The van der Waals surface area contributed by atoms with Gasteiger partial charge in [-0.15, -0.1) is 0 Å². The average molecular weight is 487 g/mol. The predicted molar refractivity (Wildman–Crippen MR) is 119 cm³/mol. The van der Waals surface area contributed by atoms with Crippen molar-refractivity contribution in [3.05, 3.63) is 42.5 Å². The molecular weight excluding hydrogens is 467 g/mol. The van der Waals surface area contributed by atoms with E-state index in [1.165, 1.54) is 23.5 Å². The van der Waals surface area contributed by atoms with Crippen LogP contribution in [0.1, 0.15) is 23.8 Å². The summed E-state index contributed by atoms with van der Waals surface area (Å²) in [6, 6.07) is 3.49. The van der Waals surface area contributed by atoms with E-state index in [9.17, 15) is 22.8 Å². The second-order valence-electron chi connectivity index (χ2n) is 8.23. The van der Waals surface area contributed by atoms with Gasteiger partial charge in [-0.2, -0.15) is 18.3 Å². The molecule has 11 nitrogen and oxygen atoms in total. The van der Waals surface area contributed by atoms with Gasteiger partial charge >= 0.3 is 12.2 Å². The molecule has 5 rings (SSSR count). The highest BCUT2D eigenvalue weighted by atomic mass is 19.4. The van der Waals surface area contributed by atoms with Crippen LogP contribution >= 0.6 is 0 Å². The first-order valence-electron chi connectivity index (χ1n) is 10.8. The van der Waals surface area contributed by atoms with Crippen molar-refractivity contribution in [3.63, 3.8) is 0 Å². The molecule has 1 saturated heterocycles. The van der Waals surface area contributed by atoms with Gasteiger partial charge in [0.05, 0.1) is 11.7 Å². The van der Waals surface area contributed by atoms with Crippen molar-refractivity contribution < 1.29 is 22.8 Å². The first kappa shape index (κ1) is 22.6. The van der Waals surface area contributed by atoms with Crippen LogP contribution in [0.2, 0.25) is 0 Å². The Hall–Kier alpha value is -4.23. The van der Waals surface area contributed by atoms with Crippen LogP contribution in [-0.2, 0) is 0 Å². The maximum atomic E-state index is 13.3. The molecule has 3 aromatic heterocycles. The number of alkyl halides is 3. The van der Waals surface area contributed by atoms with Gasteiger partial charge in [0, 0.05) is 24.8 Å². The smallest absolute Gasteiger partial charge is 0.366 e. The second kappa shape index (κ2) is 8.52. The summed E-state index contributed by atoms with van der Waals surface area (Å²) in [5.74, 6) is -0.0101. The van der Waals surface area contributed by atoms with Crippen molar-refractivity contribution in [2.45, 2.75) is 31.6 Å². The Bertz CT molecular complexity index is 1270. The minimum Gasteiger partial charge on any atom is -0.366 e. The maximum Gasteiger partial charge on any atom is 0.408 e. The number of urea groups is 1. The highest BCUT2D eigenvalue weighted by molar-refractivity contribution is 6.05. The Balaban J connectivity index is 1.42. The summed E-state index contributed by atoms with van der Waals surface area (Å²) in [7, 11) is 0. The van der Waals surface area contributed by atoms with Crippen LogP contribution in [0.25, 0.3) is 11.4 Å². The lowest BCUT2D eigenvalue weighted by Crippen LogP contribution is -2.49. The molecule has 2 aliphatic heterocycles. The number of aromatic amines is 1. The molecule has 2 aliphatic rings. The average Bonchev–Trinajstić information content (AvgIpc) is 3.50. The second-order valence-corrected chi connectivity index (χ2v) is 8.23. The molecule has 0 spiro atoms. The van der Waals surface area contributed by atoms with Crippen molar-refractivity contribution in [3.8, 4) is 11.4 Å². The first-order valence-corrected chi connectivity index (χ1v) is 10.8. The molecule has 0 aliphatic carbocycles. The van der Waals surface area contributed by atoms with Crippen LogP contribution in [0, 0.1) is 0 Å². The van der Waals surface area contributed by atoms with Gasteiger partial charge in [-0.25, -0.2) is 19.7 Å². The lowest BCUT2D eigenvalue weighted by atomic mass is 10.1. The molecule has 5 heterocycles. The number of nitrogens with zero attached hydrogens (tertiary/aromatic N) is 6.